The minimum atomic E-state index is 0. The number of hydrogen-bond donors (Lipinski definition) is 2. The van der Waals surface area contributed by atoms with E-state index < -0.39 is 0 Å². The van der Waals surface area contributed by atoms with Crippen LogP contribution in [-0.4, -0.2) is 47.2 Å². The maximum absolute atomic E-state index is 12.6. The molecule has 1 aliphatic heterocycles. The first-order valence-corrected chi connectivity index (χ1v) is 7.86. The van der Waals surface area contributed by atoms with Crippen molar-refractivity contribution in [2.45, 2.75) is 6.42 Å². The predicted molar refractivity (Wildman–Crippen MR) is 92.4 cm³/mol. The first kappa shape index (κ1) is 17.0. The molecule has 1 saturated heterocycles. The third-order valence-electron chi connectivity index (χ3n) is 3.60. The van der Waals surface area contributed by atoms with E-state index in [9.17, 15) is 4.79 Å². The molecule has 7 heteroatoms. The number of hydrogen-bond acceptors (Lipinski definition) is 3. The fourth-order valence-corrected chi connectivity index (χ4v) is 3.04. The summed E-state index contributed by atoms with van der Waals surface area (Å²) in [4.78, 5) is 14.5. The molecule has 1 fully saturated rings. The van der Waals surface area contributed by atoms with Crippen molar-refractivity contribution in [3.63, 3.8) is 0 Å². The molecule has 1 amide bonds. The minimum Gasteiger partial charge on any atom is -0.336 e. The fourth-order valence-electron chi connectivity index (χ4n) is 2.46. The van der Waals surface area contributed by atoms with Crippen LogP contribution in [0.2, 0.25) is 0 Å². The van der Waals surface area contributed by atoms with E-state index in [4.69, 9.17) is 0 Å². The number of halogens is 2. The average molecular weight is 386 g/mol. The van der Waals surface area contributed by atoms with Gasteiger partial charge >= 0.3 is 0 Å². The van der Waals surface area contributed by atoms with Gasteiger partial charge in [0.15, 0.2) is 0 Å². The molecule has 0 aliphatic carbocycles. The standard InChI is InChI=1S/C15H17BrN4O.ClH/c16-12-13(11-5-2-1-3-6-11)18-19-14(12)15(21)20-9-4-7-17-8-10-20;/h1-3,5-6,17H,4,7-10H2,(H,18,19);1H. The zero-order valence-electron chi connectivity index (χ0n) is 12.0. The molecule has 0 saturated carbocycles. The van der Waals surface area contributed by atoms with Gasteiger partial charge in [0.2, 0.25) is 0 Å². The summed E-state index contributed by atoms with van der Waals surface area (Å²) in [5.74, 6) is 0.000237. The van der Waals surface area contributed by atoms with Gasteiger partial charge in [0, 0.05) is 25.2 Å². The van der Waals surface area contributed by atoms with Crippen molar-refractivity contribution in [2.75, 3.05) is 26.2 Å². The van der Waals surface area contributed by atoms with Crippen LogP contribution in [0.1, 0.15) is 16.9 Å². The summed E-state index contributed by atoms with van der Waals surface area (Å²) in [6.07, 6.45) is 0.975. The third kappa shape index (κ3) is 3.51. The highest BCUT2D eigenvalue weighted by Gasteiger charge is 2.23. The van der Waals surface area contributed by atoms with Crippen LogP contribution < -0.4 is 5.32 Å². The average Bonchev–Trinajstić information content (AvgIpc) is 2.74. The normalized spacial score (nSPS) is 15.0. The number of aromatic amines is 1. The molecular formula is C15H18BrClN4O. The van der Waals surface area contributed by atoms with Crippen molar-refractivity contribution in [3.8, 4) is 11.3 Å². The lowest BCUT2D eigenvalue weighted by atomic mass is 10.1. The van der Waals surface area contributed by atoms with Crippen LogP contribution in [0.4, 0.5) is 0 Å². The number of rotatable bonds is 2. The Hall–Kier alpha value is -1.37. The lowest BCUT2D eigenvalue weighted by Gasteiger charge is -2.19. The molecule has 2 N–H and O–H groups in total. The molecular weight excluding hydrogens is 368 g/mol. The number of nitrogens with one attached hydrogen (secondary N) is 2. The van der Waals surface area contributed by atoms with Crippen LogP contribution in [0.3, 0.4) is 0 Å². The summed E-state index contributed by atoms with van der Waals surface area (Å²) in [6.45, 7) is 3.30. The molecule has 22 heavy (non-hydrogen) atoms. The maximum Gasteiger partial charge on any atom is 0.273 e. The number of aromatic nitrogens is 2. The number of carbonyl (C=O) groups is 1. The predicted octanol–water partition coefficient (Wildman–Crippen LogP) is 2.70. The van der Waals surface area contributed by atoms with Gasteiger partial charge in [0.05, 0.1) is 4.47 Å². The number of carbonyl (C=O) groups excluding carboxylic acids is 1. The Labute approximate surface area is 144 Å². The van der Waals surface area contributed by atoms with E-state index in [2.05, 4.69) is 31.4 Å². The van der Waals surface area contributed by atoms with Gasteiger partial charge in [0.1, 0.15) is 11.4 Å². The topological polar surface area (TPSA) is 61.0 Å². The summed E-state index contributed by atoms with van der Waals surface area (Å²) < 4.78 is 0.732. The molecule has 5 nitrogen and oxygen atoms in total. The van der Waals surface area contributed by atoms with Gasteiger partial charge < -0.3 is 10.2 Å². The van der Waals surface area contributed by atoms with Crippen LogP contribution in [0.25, 0.3) is 11.3 Å². The van der Waals surface area contributed by atoms with Crippen molar-refractivity contribution in [2.24, 2.45) is 0 Å². The summed E-state index contributed by atoms with van der Waals surface area (Å²) >= 11 is 3.52. The van der Waals surface area contributed by atoms with Crippen LogP contribution in [-0.2, 0) is 0 Å². The fraction of sp³-hybridized carbons (Fsp3) is 0.333. The molecule has 1 aliphatic rings. The zero-order chi connectivity index (χ0) is 14.7. The lowest BCUT2D eigenvalue weighted by molar-refractivity contribution is 0.0759. The van der Waals surface area contributed by atoms with Gasteiger partial charge in [-0.2, -0.15) is 5.10 Å². The highest BCUT2D eigenvalue weighted by atomic mass is 79.9. The van der Waals surface area contributed by atoms with E-state index in [0.717, 1.165) is 48.3 Å². The van der Waals surface area contributed by atoms with Gasteiger partial charge in [-0.05, 0) is 28.9 Å². The second kappa shape index (κ2) is 7.76. The van der Waals surface area contributed by atoms with E-state index in [-0.39, 0.29) is 18.3 Å². The first-order chi connectivity index (χ1) is 10.3. The summed E-state index contributed by atoms with van der Waals surface area (Å²) in [6, 6.07) is 9.83. The molecule has 1 aromatic heterocycles. The number of H-pyrrole nitrogens is 1. The SMILES string of the molecule is Cl.O=C(c1[nH]nc(-c2ccccc2)c1Br)N1CCCNCC1. The van der Waals surface area contributed by atoms with Crippen LogP contribution in [0.15, 0.2) is 34.8 Å². The van der Waals surface area contributed by atoms with Gasteiger partial charge in [0.25, 0.3) is 5.91 Å². The largest absolute Gasteiger partial charge is 0.336 e. The Morgan fingerprint density at radius 1 is 1.18 bits per heavy atom. The Morgan fingerprint density at radius 3 is 2.73 bits per heavy atom. The van der Waals surface area contributed by atoms with Gasteiger partial charge in [-0.25, -0.2) is 0 Å². The van der Waals surface area contributed by atoms with E-state index in [1.807, 2.05) is 35.2 Å². The van der Waals surface area contributed by atoms with Gasteiger partial charge in [-0.3, -0.25) is 9.89 Å². The van der Waals surface area contributed by atoms with E-state index in [1.165, 1.54) is 0 Å². The third-order valence-corrected chi connectivity index (χ3v) is 4.37. The Bertz CT molecular complexity index is 624. The van der Waals surface area contributed by atoms with Crippen molar-refractivity contribution >= 4 is 34.2 Å². The van der Waals surface area contributed by atoms with Gasteiger partial charge in [-0.1, -0.05) is 30.3 Å². The van der Waals surface area contributed by atoms with Crippen molar-refractivity contribution in [3.05, 3.63) is 40.5 Å². The van der Waals surface area contributed by atoms with Crippen LogP contribution >= 0.6 is 28.3 Å². The molecule has 0 atom stereocenters. The summed E-state index contributed by atoms with van der Waals surface area (Å²) in [7, 11) is 0. The number of benzene rings is 1. The molecule has 2 aromatic rings. The highest BCUT2D eigenvalue weighted by Crippen LogP contribution is 2.29. The molecule has 0 bridgehead atoms. The first-order valence-electron chi connectivity index (χ1n) is 7.06. The van der Waals surface area contributed by atoms with Crippen molar-refractivity contribution in [1.82, 2.24) is 20.4 Å². The van der Waals surface area contributed by atoms with Crippen LogP contribution in [0.5, 0.6) is 0 Å². The molecule has 0 radical (unpaired) electrons. The second-order valence-corrected chi connectivity index (χ2v) is 5.82. The number of amides is 1. The van der Waals surface area contributed by atoms with Crippen molar-refractivity contribution in [1.29, 1.82) is 0 Å². The van der Waals surface area contributed by atoms with E-state index in [0.29, 0.717) is 5.69 Å². The molecule has 0 unspecified atom stereocenters. The Morgan fingerprint density at radius 2 is 1.95 bits per heavy atom. The molecule has 3 rings (SSSR count). The van der Waals surface area contributed by atoms with Crippen molar-refractivity contribution < 1.29 is 4.79 Å². The van der Waals surface area contributed by atoms with E-state index >= 15 is 0 Å². The van der Waals surface area contributed by atoms with Gasteiger partial charge in [-0.15, -0.1) is 12.4 Å². The second-order valence-electron chi connectivity index (χ2n) is 5.02. The molecule has 118 valence electrons. The Balaban J connectivity index is 0.00000176. The zero-order valence-corrected chi connectivity index (χ0v) is 14.4. The van der Waals surface area contributed by atoms with Crippen LogP contribution in [0, 0.1) is 0 Å². The quantitative estimate of drug-likeness (QED) is 0.835. The summed E-state index contributed by atoms with van der Waals surface area (Å²) in [5, 5.41) is 10.5. The minimum absolute atomic E-state index is 0. The molecule has 0 spiro atoms. The molecule has 1 aromatic carbocycles. The Kier molecular flexibility index (Phi) is 5.99. The maximum atomic E-state index is 12.6. The monoisotopic (exact) mass is 384 g/mol. The summed E-state index contributed by atoms with van der Waals surface area (Å²) in [5.41, 5.74) is 2.28. The number of nitrogens with zero attached hydrogens (tertiary/aromatic N) is 2. The van der Waals surface area contributed by atoms with E-state index in [1.54, 1.807) is 0 Å². The molecule has 2 heterocycles. The highest BCUT2D eigenvalue weighted by molar-refractivity contribution is 9.10. The lowest BCUT2D eigenvalue weighted by Crippen LogP contribution is -2.34. The smallest absolute Gasteiger partial charge is 0.273 e.